The van der Waals surface area contributed by atoms with Crippen LogP contribution >= 0.6 is 0 Å². The van der Waals surface area contributed by atoms with Crippen LogP contribution in [0.3, 0.4) is 0 Å². The minimum absolute atomic E-state index is 0.248. The van der Waals surface area contributed by atoms with Crippen molar-refractivity contribution in [3.63, 3.8) is 0 Å². The molecule has 0 bridgehead atoms. The second kappa shape index (κ2) is 5.93. The van der Waals surface area contributed by atoms with Gasteiger partial charge in [0.1, 0.15) is 0 Å². The van der Waals surface area contributed by atoms with Crippen molar-refractivity contribution >= 4 is 17.3 Å². The molecule has 0 aliphatic carbocycles. The van der Waals surface area contributed by atoms with E-state index in [1.165, 1.54) is 12.8 Å². The van der Waals surface area contributed by atoms with Crippen LogP contribution in [0.15, 0.2) is 18.2 Å². The number of nitrogen functional groups attached to an aromatic ring is 1. The number of nitrogens with one attached hydrogen (secondary N) is 1. The van der Waals surface area contributed by atoms with Crippen molar-refractivity contribution in [3.05, 3.63) is 23.8 Å². The summed E-state index contributed by atoms with van der Waals surface area (Å²) in [5.74, 6) is -0.434. The number of nitrogens with zero attached hydrogens (tertiary/aromatic N) is 1. The average Bonchev–Trinajstić information content (AvgIpc) is 2.81. The first-order valence-electron chi connectivity index (χ1n) is 6.74. The lowest BCUT2D eigenvalue weighted by Gasteiger charge is -2.23. The summed E-state index contributed by atoms with van der Waals surface area (Å²) >= 11 is 0. The third kappa shape index (κ3) is 3.61. The zero-order chi connectivity index (χ0) is 13.8. The SMILES string of the molecule is CC(CN1CCCC1)Nc1cc(N)ccc1C(N)=O. The van der Waals surface area contributed by atoms with Crippen LogP contribution in [0.25, 0.3) is 0 Å². The first-order valence-corrected chi connectivity index (χ1v) is 6.74. The molecule has 1 aromatic rings. The van der Waals surface area contributed by atoms with Crippen molar-refractivity contribution in [2.24, 2.45) is 5.73 Å². The second-order valence-electron chi connectivity index (χ2n) is 5.22. The van der Waals surface area contributed by atoms with Gasteiger partial charge in [-0.25, -0.2) is 0 Å². The number of nitrogens with two attached hydrogens (primary N) is 2. The predicted octanol–water partition coefficient (Wildman–Crippen LogP) is 1.26. The molecule has 1 atom stereocenters. The highest BCUT2D eigenvalue weighted by molar-refractivity contribution is 5.99. The molecule has 1 saturated heterocycles. The summed E-state index contributed by atoms with van der Waals surface area (Å²) in [6, 6.07) is 5.37. The zero-order valence-corrected chi connectivity index (χ0v) is 11.4. The molecule has 104 valence electrons. The standard InChI is InChI=1S/C14H22N4O/c1-10(9-18-6-2-3-7-18)17-13-8-11(15)4-5-12(13)14(16)19/h4-5,8,10,17H,2-3,6-7,9,15H2,1H3,(H2,16,19). The molecule has 2 rings (SSSR count). The normalized spacial score (nSPS) is 17.3. The molecule has 5 N–H and O–H groups in total. The van der Waals surface area contributed by atoms with E-state index in [2.05, 4.69) is 17.1 Å². The van der Waals surface area contributed by atoms with Crippen molar-refractivity contribution in [2.45, 2.75) is 25.8 Å². The van der Waals surface area contributed by atoms with Crippen molar-refractivity contribution in [1.29, 1.82) is 0 Å². The maximum Gasteiger partial charge on any atom is 0.250 e. The molecule has 0 saturated carbocycles. The summed E-state index contributed by atoms with van der Waals surface area (Å²) < 4.78 is 0. The summed E-state index contributed by atoms with van der Waals surface area (Å²) in [5.41, 5.74) is 13.0. The van der Waals surface area contributed by atoms with Crippen LogP contribution in [-0.2, 0) is 0 Å². The van der Waals surface area contributed by atoms with E-state index in [1.54, 1.807) is 18.2 Å². The predicted molar refractivity (Wildman–Crippen MR) is 78.1 cm³/mol. The Morgan fingerprint density at radius 2 is 2.11 bits per heavy atom. The van der Waals surface area contributed by atoms with E-state index in [4.69, 9.17) is 11.5 Å². The van der Waals surface area contributed by atoms with Gasteiger partial charge in [-0.05, 0) is 51.1 Å². The van der Waals surface area contributed by atoms with Gasteiger partial charge < -0.3 is 21.7 Å². The molecule has 1 unspecified atom stereocenters. The van der Waals surface area contributed by atoms with E-state index < -0.39 is 5.91 Å². The van der Waals surface area contributed by atoms with Crippen LogP contribution in [0.2, 0.25) is 0 Å². The number of likely N-dealkylation sites (tertiary alicyclic amines) is 1. The monoisotopic (exact) mass is 262 g/mol. The Bertz CT molecular complexity index is 455. The van der Waals surface area contributed by atoms with E-state index in [-0.39, 0.29) is 6.04 Å². The Labute approximate surface area is 113 Å². The van der Waals surface area contributed by atoms with E-state index in [9.17, 15) is 4.79 Å². The van der Waals surface area contributed by atoms with E-state index in [0.717, 1.165) is 25.3 Å². The van der Waals surface area contributed by atoms with Gasteiger partial charge in [0, 0.05) is 24.0 Å². The Morgan fingerprint density at radius 3 is 2.74 bits per heavy atom. The fourth-order valence-electron chi connectivity index (χ4n) is 2.56. The van der Waals surface area contributed by atoms with Crippen molar-refractivity contribution in [3.8, 4) is 0 Å². The Morgan fingerprint density at radius 1 is 1.42 bits per heavy atom. The van der Waals surface area contributed by atoms with Gasteiger partial charge in [-0.15, -0.1) is 0 Å². The van der Waals surface area contributed by atoms with Crippen molar-refractivity contribution in [1.82, 2.24) is 4.90 Å². The molecule has 1 heterocycles. The van der Waals surface area contributed by atoms with Gasteiger partial charge in [-0.2, -0.15) is 0 Å². The highest BCUT2D eigenvalue weighted by atomic mass is 16.1. The number of carbonyl (C=O) groups is 1. The van der Waals surface area contributed by atoms with E-state index in [0.29, 0.717) is 11.3 Å². The van der Waals surface area contributed by atoms with Crippen LogP contribution in [0.1, 0.15) is 30.1 Å². The molecule has 5 nitrogen and oxygen atoms in total. The molecule has 0 spiro atoms. The number of anilines is 2. The minimum Gasteiger partial charge on any atom is -0.399 e. The van der Waals surface area contributed by atoms with Crippen LogP contribution < -0.4 is 16.8 Å². The molecule has 1 aliphatic rings. The fraction of sp³-hybridized carbons (Fsp3) is 0.500. The number of benzene rings is 1. The molecule has 0 radical (unpaired) electrons. The number of primary amides is 1. The molecule has 1 aliphatic heterocycles. The summed E-state index contributed by atoms with van der Waals surface area (Å²) in [6.07, 6.45) is 2.55. The number of carbonyl (C=O) groups excluding carboxylic acids is 1. The van der Waals surface area contributed by atoms with Crippen molar-refractivity contribution < 1.29 is 4.79 Å². The molecule has 1 amide bonds. The highest BCUT2D eigenvalue weighted by Gasteiger charge is 2.16. The van der Waals surface area contributed by atoms with Gasteiger partial charge in [0.05, 0.1) is 5.56 Å². The number of hydrogen-bond donors (Lipinski definition) is 3. The van der Waals surface area contributed by atoms with Gasteiger partial charge in [-0.1, -0.05) is 0 Å². The molecular weight excluding hydrogens is 240 g/mol. The lowest BCUT2D eigenvalue weighted by atomic mass is 10.1. The van der Waals surface area contributed by atoms with Gasteiger partial charge in [0.15, 0.2) is 0 Å². The molecule has 19 heavy (non-hydrogen) atoms. The number of amides is 1. The third-order valence-electron chi connectivity index (χ3n) is 3.44. The Kier molecular flexibility index (Phi) is 4.27. The highest BCUT2D eigenvalue weighted by Crippen LogP contribution is 2.20. The first-order chi connectivity index (χ1) is 9.06. The lowest BCUT2D eigenvalue weighted by Crippen LogP contribution is -2.33. The van der Waals surface area contributed by atoms with Crippen LogP contribution in [0, 0.1) is 0 Å². The summed E-state index contributed by atoms with van der Waals surface area (Å²) in [4.78, 5) is 13.8. The van der Waals surface area contributed by atoms with Gasteiger partial charge >= 0.3 is 0 Å². The van der Waals surface area contributed by atoms with E-state index in [1.807, 2.05) is 0 Å². The quantitative estimate of drug-likeness (QED) is 0.698. The van der Waals surface area contributed by atoms with Crippen LogP contribution in [-0.4, -0.2) is 36.5 Å². The molecule has 5 heteroatoms. The van der Waals surface area contributed by atoms with Crippen molar-refractivity contribution in [2.75, 3.05) is 30.7 Å². The zero-order valence-electron chi connectivity index (χ0n) is 11.4. The maximum absolute atomic E-state index is 11.4. The minimum atomic E-state index is -0.434. The summed E-state index contributed by atoms with van der Waals surface area (Å²) in [6.45, 7) is 5.39. The summed E-state index contributed by atoms with van der Waals surface area (Å²) in [5, 5.41) is 3.34. The largest absolute Gasteiger partial charge is 0.399 e. The third-order valence-corrected chi connectivity index (χ3v) is 3.44. The molecule has 0 aromatic heterocycles. The maximum atomic E-state index is 11.4. The van der Waals surface area contributed by atoms with Crippen LogP contribution in [0.5, 0.6) is 0 Å². The van der Waals surface area contributed by atoms with Gasteiger partial charge in [-0.3, -0.25) is 4.79 Å². The average molecular weight is 262 g/mol. The Balaban J connectivity index is 2.04. The fourth-order valence-corrected chi connectivity index (χ4v) is 2.56. The van der Waals surface area contributed by atoms with Gasteiger partial charge in [0.25, 0.3) is 5.91 Å². The van der Waals surface area contributed by atoms with Crippen LogP contribution in [0.4, 0.5) is 11.4 Å². The second-order valence-corrected chi connectivity index (χ2v) is 5.22. The van der Waals surface area contributed by atoms with Gasteiger partial charge in [0.2, 0.25) is 0 Å². The first kappa shape index (κ1) is 13.7. The topological polar surface area (TPSA) is 84.4 Å². The van der Waals surface area contributed by atoms with E-state index >= 15 is 0 Å². The Hall–Kier alpha value is -1.75. The molecular formula is C14H22N4O. The smallest absolute Gasteiger partial charge is 0.250 e. The molecule has 1 fully saturated rings. The summed E-state index contributed by atoms with van der Waals surface area (Å²) in [7, 11) is 0. The molecule has 1 aromatic carbocycles. The number of rotatable bonds is 5. The number of hydrogen-bond acceptors (Lipinski definition) is 4. The lowest BCUT2D eigenvalue weighted by molar-refractivity contribution is 0.100.